The van der Waals surface area contributed by atoms with Crippen LogP contribution in [0.2, 0.25) is 0 Å². The Hall–Kier alpha value is -2.96. The van der Waals surface area contributed by atoms with Gasteiger partial charge in [0.1, 0.15) is 11.3 Å². The topological polar surface area (TPSA) is 55.4 Å². The first kappa shape index (κ1) is 23.7. The smallest absolute Gasteiger partial charge is 0.261 e. The van der Waals surface area contributed by atoms with Crippen LogP contribution < -0.4 is 10.1 Å². The number of carbonyl (C=O) groups is 2. The van der Waals surface area contributed by atoms with Crippen LogP contribution in [0.1, 0.15) is 18.1 Å². The zero-order valence-corrected chi connectivity index (χ0v) is 19.7. The van der Waals surface area contributed by atoms with Crippen molar-refractivity contribution in [1.82, 2.24) is 0 Å². The lowest BCUT2D eigenvalue weighted by Gasteiger charge is -2.15. The molecule has 0 aliphatic rings. The number of hydrogen-bond donors (Lipinski definition) is 1. The molecular formula is C26H25NO3S2. The number of ketones is 1. The van der Waals surface area contributed by atoms with Crippen LogP contribution in [0.5, 0.6) is 5.75 Å². The number of methoxy groups -OCH3 is 1. The largest absolute Gasteiger partial charge is 0.495 e. The first-order chi connectivity index (χ1) is 15.6. The van der Waals surface area contributed by atoms with Crippen molar-refractivity contribution in [1.29, 1.82) is 0 Å². The van der Waals surface area contributed by atoms with E-state index in [4.69, 9.17) is 4.74 Å². The van der Waals surface area contributed by atoms with Crippen LogP contribution in [0.25, 0.3) is 0 Å². The number of ether oxygens (including phenoxy) is 1. The van der Waals surface area contributed by atoms with Gasteiger partial charge in [-0.25, -0.2) is 0 Å². The first-order valence-electron chi connectivity index (χ1n) is 10.1. The molecule has 3 rings (SSSR count). The number of rotatable bonds is 10. The van der Waals surface area contributed by atoms with Gasteiger partial charge in [-0.15, -0.1) is 23.5 Å². The third-order valence-electron chi connectivity index (χ3n) is 4.56. The fourth-order valence-electron chi connectivity index (χ4n) is 2.96. The Kier molecular flexibility index (Phi) is 9.01. The lowest BCUT2D eigenvalue weighted by atomic mass is 10.2. The van der Waals surface area contributed by atoms with Gasteiger partial charge in [-0.2, -0.15) is 0 Å². The van der Waals surface area contributed by atoms with Crippen LogP contribution in [0.15, 0.2) is 94.7 Å². The minimum Gasteiger partial charge on any atom is -0.495 e. The van der Waals surface area contributed by atoms with Gasteiger partial charge in [0.25, 0.3) is 5.91 Å². The molecule has 0 bridgehead atoms. The van der Waals surface area contributed by atoms with Gasteiger partial charge in [0.2, 0.25) is 0 Å². The molecule has 0 unspecified atom stereocenters. The molecular weight excluding hydrogens is 438 g/mol. The molecule has 0 fully saturated rings. The number of benzene rings is 3. The monoisotopic (exact) mass is 463 g/mol. The minimum atomic E-state index is -0.432. The highest BCUT2D eigenvalue weighted by Crippen LogP contribution is 2.37. The molecule has 0 saturated carbocycles. The third-order valence-corrected chi connectivity index (χ3v) is 7.16. The van der Waals surface area contributed by atoms with Gasteiger partial charge in [-0.05, 0) is 30.2 Å². The van der Waals surface area contributed by atoms with Crippen molar-refractivity contribution in [2.45, 2.75) is 18.4 Å². The summed E-state index contributed by atoms with van der Waals surface area (Å²) in [5.74, 6) is 1.17. The standard InChI is InChI=1S/C26H25NO3S2/c1-19(28)24(25(29)27-22-15-9-10-16-23(22)30-2)26(31-17-20-11-5-3-6-12-20)32-18-21-13-7-4-8-14-21/h3-16H,17-18H2,1-2H3,(H,27,29). The van der Waals surface area contributed by atoms with Gasteiger partial charge in [0.05, 0.1) is 17.0 Å². The summed E-state index contributed by atoms with van der Waals surface area (Å²) in [6.07, 6.45) is 0. The Morgan fingerprint density at radius 3 is 1.78 bits per heavy atom. The molecule has 0 aliphatic heterocycles. The van der Waals surface area contributed by atoms with Crippen LogP contribution in [0, 0.1) is 0 Å². The quantitative estimate of drug-likeness (QED) is 0.217. The lowest BCUT2D eigenvalue weighted by Crippen LogP contribution is -2.20. The van der Waals surface area contributed by atoms with Crippen molar-refractivity contribution in [2.75, 3.05) is 12.4 Å². The van der Waals surface area contributed by atoms with E-state index in [0.717, 1.165) is 11.1 Å². The van der Waals surface area contributed by atoms with Crippen molar-refractivity contribution >= 4 is 40.9 Å². The van der Waals surface area contributed by atoms with Crippen LogP contribution in [0.3, 0.4) is 0 Å². The molecule has 3 aromatic carbocycles. The van der Waals surface area contributed by atoms with E-state index in [2.05, 4.69) is 5.32 Å². The second kappa shape index (κ2) is 12.2. The van der Waals surface area contributed by atoms with Crippen LogP contribution >= 0.6 is 23.5 Å². The summed E-state index contributed by atoms with van der Waals surface area (Å²) in [7, 11) is 1.55. The Labute approximate surface area is 197 Å². The van der Waals surface area contributed by atoms with E-state index in [-0.39, 0.29) is 11.4 Å². The lowest BCUT2D eigenvalue weighted by molar-refractivity contribution is -0.118. The predicted octanol–water partition coefficient (Wildman–Crippen LogP) is 6.30. The van der Waals surface area contributed by atoms with Crippen LogP contribution in [-0.4, -0.2) is 18.8 Å². The van der Waals surface area contributed by atoms with E-state index < -0.39 is 5.91 Å². The number of anilines is 1. The summed E-state index contributed by atoms with van der Waals surface area (Å²) in [5.41, 5.74) is 2.95. The summed E-state index contributed by atoms with van der Waals surface area (Å²) in [5, 5.41) is 2.85. The maximum absolute atomic E-state index is 13.2. The highest BCUT2D eigenvalue weighted by atomic mass is 32.2. The summed E-state index contributed by atoms with van der Waals surface area (Å²) >= 11 is 3.02. The van der Waals surface area contributed by atoms with Crippen LogP contribution in [-0.2, 0) is 21.1 Å². The van der Waals surface area contributed by atoms with Crippen molar-refractivity contribution in [2.24, 2.45) is 0 Å². The Morgan fingerprint density at radius 1 is 0.781 bits per heavy atom. The van der Waals surface area contributed by atoms with E-state index in [1.54, 1.807) is 19.2 Å². The third kappa shape index (κ3) is 6.77. The summed E-state index contributed by atoms with van der Waals surface area (Å²) in [6, 6.07) is 27.2. The molecule has 3 aromatic rings. The molecule has 0 heterocycles. The number of amides is 1. The molecule has 0 atom stereocenters. The fourth-order valence-corrected chi connectivity index (χ4v) is 5.39. The van der Waals surface area contributed by atoms with Gasteiger partial charge < -0.3 is 10.1 Å². The van der Waals surface area contributed by atoms with Gasteiger partial charge in [-0.1, -0.05) is 72.8 Å². The molecule has 0 aliphatic carbocycles. The van der Waals surface area contributed by atoms with E-state index in [9.17, 15) is 9.59 Å². The molecule has 1 N–H and O–H groups in total. The van der Waals surface area contributed by atoms with Crippen molar-refractivity contribution < 1.29 is 14.3 Å². The second-order valence-corrected chi connectivity index (χ2v) is 9.15. The molecule has 1 amide bonds. The van der Waals surface area contributed by atoms with E-state index in [1.807, 2.05) is 72.8 Å². The van der Waals surface area contributed by atoms with E-state index in [0.29, 0.717) is 27.2 Å². The average Bonchev–Trinajstić information content (AvgIpc) is 2.82. The molecule has 0 radical (unpaired) electrons. The average molecular weight is 464 g/mol. The predicted molar refractivity (Wildman–Crippen MR) is 135 cm³/mol. The second-order valence-electron chi connectivity index (χ2n) is 6.92. The highest BCUT2D eigenvalue weighted by Gasteiger charge is 2.22. The van der Waals surface area contributed by atoms with Gasteiger partial charge in [0, 0.05) is 11.5 Å². The molecule has 164 valence electrons. The fraction of sp³-hybridized carbons (Fsp3) is 0.154. The highest BCUT2D eigenvalue weighted by molar-refractivity contribution is 8.21. The van der Waals surface area contributed by atoms with Gasteiger partial charge >= 0.3 is 0 Å². The summed E-state index contributed by atoms with van der Waals surface area (Å²) in [6.45, 7) is 1.43. The molecule has 4 nitrogen and oxygen atoms in total. The molecule has 0 spiro atoms. The first-order valence-corrected chi connectivity index (χ1v) is 12.1. The normalized spacial score (nSPS) is 10.3. The number of nitrogens with one attached hydrogen (secondary N) is 1. The maximum atomic E-state index is 13.2. The van der Waals surface area contributed by atoms with Gasteiger partial charge in [0.15, 0.2) is 5.78 Å². The maximum Gasteiger partial charge on any atom is 0.261 e. The van der Waals surface area contributed by atoms with Crippen molar-refractivity contribution in [3.8, 4) is 5.75 Å². The molecule has 0 saturated heterocycles. The molecule has 32 heavy (non-hydrogen) atoms. The van der Waals surface area contributed by atoms with Crippen LogP contribution in [0.4, 0.5) is 5.69 Å². The Morgan fingerprint density at radius 2 is 1.28 bits per heavy atom. The van der Waals surface area contributed by atoms with Crippen molar-refractivity contribution in [3.63, 3.8) is 0 Å². The SMILES string of the molecule is COc1ccccc1NC(=O)C(C(C)=O)=C(SCc1ccccc1)SCc1ccccc1. The number of hydrogen-bond acceptors (Lipinski definition) is 5. The number of Topliss-reactive ketones (excluding diaryl/α,β-unsaturated/α-hetero) is 1. The van der Waals surface area contributed by atoms with E-state index >= 15 is 0 Å². The Bertz CT molecular complexity index is 1040. The van der Waals surface area contributed by atoms with Gasteiger partial charge in [-0.3, -0.25) is 9.59 Å². The Balaban J connectivity index is 1.89. The van der Waals surface area contributed by atoms with E-state index in [1.165, 1.54) is 30.4 Å². The number of carbonyl (C=O) groups excluding carboxylic acids is 2. The number of thioether (sulfide) groups is 2. The zero-order valence-electron chi connectivity index (χ0n) is 18.0. The number of para-hydroxylation sites is 2. The summed E-state index contributed by atoms with van der Waals surface area (Å²) in [4.78, 5) is 25.8. The molecule has 6 heteroatoms. The minimum absolute atomic E-state index is 0.165. The zero-order chi connectivity index (χ0) is 22.8. The molecule has 0 aromatic heterocycles. The van der Waals surface area contributed by atoms with Crippen molar-refractivity contribution in [3.05, 3.63) is 106 Å². The summed E-state index contributed by atoms with van der Waals surface area (Å²) < 4.78 is 6.04.